The Morgan fingerprint density at radius 2 is 1.62 bits per heavy atom. The quantitative estimate of drug-likeness (QED) is 0.579. The first kappa shape index (κ1) is 22.4. The molecule has 178 valence electrons. The summed E-state index contributed by atoms with van der Waals surface area (Å²) < 4.78 is 5.56. The van der Waals surface area contributed by atoms with Crippen LogP contribution in [-0.4, -0.2) is 42.3 Å². The van der Waals surface area contributed by atoms with E-state index in [9.17, 15) is 19.5 Å². The van der Waals surface area contributed by atoms with Gasteiger partial charge in [-0.25, -0.2) is 4.79 Å². The number of alkyl carbamates (subject to hydrolysis) is 1. The van der Waals surface area contributed by atoms with Gasteiger partial charge in [0.25, 0.3) is 0 Å². The van der Waals surface area contributed by atoms with Crippen LogP contribution in [0.5, 0.6) is 0 Å². The maximum absolute atomic E-state index is 12.5. The van der Waals surface area contributed by atoms with Crippen molar-refractivity contribution in [1.82, 2.24) is 10.6 Å². The molecular weight excluding hydrogens is 432 g/mol. The van der Waals surface area contributed by atoms with Crippen LogP contribution in [0, 0.1) is 17.8 Å². The lowest BCUT2D eigenvalue weighted by Gasteiger charge is -2.27. The maximum atomic E-state index is 12.5. The minimum atomic E-state index is -0.782. The van der Waals surface area contributed by atoms with Crippen LogP contribution in [0.4, 0.5) is 4.79 Å². The van der Waals surface area contributed by atoms with Gasteiger partial charge in [0.1, 0.15) is 6.61 Å². The second kappa shape index (κ2) is 9.49. The van der Waals surface area contributed by atoms with Crippen LogP contribution in [0.1, 0.15) is 49.1 Å². The molecular formula is C27H30N2O5. The molecule has 0 spiro atoms. The summed E-state index contributed by atoms with van der Waals surface area (Å²) in [6.07, 6.45) is 3.08. The van der Waals surface area contributed by atoms with E-state index in [-0.39, 0.29) is 42.2 Å². The number of hydrogen-bond donors (Lipinski definition) is 3. The summed E-state index contributed by atoms with van der Waals surface area (Å²) in [6.45, 7) is 0.665. The summed E-state index contributed by atoms with van der Waals surface area (Å²) in [6, 6.07) is 16.3. The van der Waals surface area contributed by atoms with Crippen molar-refractivity contribution >= 4 is 18.0 Å². The summed E-state index contributed by atoms with van der Waals surface area (Å²) in [4.78, 5) is 36.1. The predicted molar refractivity (Wildman–Crippen MR) is 126 cm³/mol. The van der Waals surface area contributed by atoms with E-state index in [4.69, 9.17) is 4.74 Å². The lowest BCUT2D eigenvalue weighted by Crippen LogP contribution is -2.41. The number of fused-ring (bicyclic) bond motifs is 3. The van der Waals surface area contributed by atoms with Crippen LogP contribution in [0.25, 0.3) is 11.1 Å². The molecule has 2 aromatic carbocycles. The number of carboxylic acids is 1. The molecule has 4 atom stereocenters. The average molecular weight is 463 g/mol. The highest BCUT2D eigenvalue weighted by Crippen LogP contribution is 2.44. The van der Waals surface area contributed by atoms with Gasteiger partial charge in [-0.15, -0.1) is 0 Å². The average Bonchev–Trinajstić information content (AvgIpc) is 3.57. The summed E-state index contributed by atoms with van der Waals surface area (Å²) in [5.74, 6) is -1.20. The zero-order chi connectivity index (χ0) is 23.7. The highest BCUT2D eigenvalue weighted by molar-refractivity contribution is 5.82. The molecule has 0 aromatic heterocycles. The number of hydrogen-bond acceptors (Lipinski definition) is 4. The Labute approximate surface area is 198 Å². The number of carboxylic acid groups (broad SMARTS) is 1. The number of aliphatic carboxylic acids is 1. The molecule has 3 N–H and O–H groups in total. The number of carbonyl (C=O) groups excluding carboxylic acids is 2. The standard InChI is InChI=1S/C27H30N2O5/c30-25(29-18-7-5-6-16(12-18)26(31)32)23-13-17(23)14-28-27(33)34-15-24-21-10-3-1-8-19(21)20-9-2-4-11-22(20)24/h1-4,8-11,16-18,23-24H,5-7,12-15H2,(H,28,33)(H,29,30)(H,31,32)/t16-,17+,18-,23+/m1/s1. The molecule has 3 aliphatic rings. The van der Waals surface area contributed by atoms with Crippen LogP contribution in [-0.2, 0) is 14.3 Å². The molecule has 0 radical (unpaired) electrons. The fourth-order valence-corrected chi connectivity index (χ4v) is 5.51. The van der Waals surface area contributed by atoms with Gasteiger partial charge >= 0.3 is 12.1 Å². The van der Waals surface area contributed by atoms with Crippen LogP contribution in [0.15, 0.2) is 48.5 Å². The third-order valence-corrected chi connectivity index (χ3v) is 7.48. The smallest absolute Gasteiger partial charge is 0.407 e. The first-order valence-electron chi connectivity index (χ1n) is 12.1. The van der Waals surface area contributed by atoms with Crippen molar-refractivity contribution in [2.45, 2.75) is 44.1 Å². The monoisotopic (exact) mass is 462 g/mol. The molecule has 0 saturated heterocycles. The minimum Gasteiger partial charge on any atom is -0.481 e. The zero-order valence-electron chi connectivity index (χ0n) is 19.0. The number of nitrogens with one attached hydrogen (secondary N) is 2. The summed E-state index contributed by atoms with van der Waals surface area (Å²) in [5.41, 5.74) is 4.71. The van der Waals surface area contributed by atoms with Gasteiger partial charge in [0.15, 0.2) is 0 Å². The number of amides is 2. The van der Waals surface area contributed by atoms with Crippen molar-refractivity contribution in [1.29, 1.82) is 0 Å². The van der Waals surface area contributed by atoms with Crippen molar-refractivity contribution in [3.8, 4) is 11.1 Å². The molecule has 5 rings (SSSR count). The topological polar surface area (TPSA) is 105 Å². The molecule has 2 fully saturated rings. The minimum absolute atomic E-state index is 0.0164. The summed E-state index contributed by atoms with van der Waals surface area (Å²) >= 11 is 0. The first-order chi connectivity index (χ1) is 16.5. The van der Waals surface area contributed by atoms with Gasteiger partial charge in [-0.05, 0) is 53.9 Å². The molecule has 3 aliphatic carbocycles. The van der Waals surface area contributed by atoms with E-state index in [0.29, 0.717) is 19.4 Å². The molecule has 7 heteroatoms. The molecule has 0 aliphatic heterocycles. The van der Waals surface area contributed by atoms with E-state index in [1.807, 2.05) is 24.3 Å². The summed E-state index contributed by atoms with van der Waals surface area (Å²) in [5, 5.41) is 15.0. The molecule has 0 unspecified atom stereocenters. The lowest BCUT2D eigenvalue weighted by atomic mass is 9.85. The fraction of sp³-hybridized carbons (Fsp3) is 0.444. The van der Waals surface area contributed by atoms with Gasteiger partial charge in [-0.1, -0.05) is 55.0 Å². The number of carbonyl (C=O) groups is 3. The van der Waals surface area contributed by atoms with E-state index in [1.165, 1.54) is 22.3 Å². The predicted octanol–water partition coefficient (Wildman–Crippen LogP) is 3.92. The zero-order valence-corrected chi connectivity index (χ0v) is 19.0. The number of ether oxygens (including phenoxy) is 1. The largest absolute Gasteiger partial charge is 0.481 e. The third kappa shape index (κ3) is 4.65. The third-order valence-electron chi connectivity index (χ3n) is 7.48. The Hall–Kier alpha value is -3.35. The van der Waals surface area contributed by atoms with Gasteiger partial charge in [-0.3, -0.25) is 9.59 Å². The molecule has 34 heavy (non-hydrogen) atoms. The van der Waals surface area contributed by atoms with Crippen LogP contribution in [0.2, 0.25) is 0 Å². The highest BCUT2D eigenvalue weighted by Gasteiger charge is 2.44. The van der Waals surface area contributed by atoms with Crippen molar-refractivity contribution in [2.75, 3.05) is 13.2 Å². The molecule has 2 saturated carbocycles. The van der Waals surface area contributed by atoms with E-state index >= 15 is 0 Å². The highest BCUT2D eigenvalue weighted by atomic mass is 16.5. The lowest BCUT2D eigenvalue weighted by molar-refractivity contribution is -0.143. The van der Waals surface area contributed by atoms with E-state index in [2.05, 4.69) is 34.9 Å². The van der Waals surface area contributed by atoms with Crippen LogP contribution < -0.4 is 10.6 Å². The Morgan fingerprint density at radius 3 is 2.29 bits per heavy atom. The SMILES string of the molecule is O=C(NC[C@@H]1C[C@@H]1C(=O)N[C@@H]1CCC[C@@H](C(=O)O)C1)OCC1c2ccccc2-c2ccccc21. The molecule has 2 amide bonds. The summed E-state index contributed by atoms with van der Waals surface area (Å²) in [7, 11) is 0. The molecule has 0 heterocycles. The fourth-order valence-electron chi connectivity index (χ4n) is 5.51. The van der Waals surface area contributed by atoms with E-state index in [0.717, 1.165) is 19.3 Å². The van der Waals surface area contributed by atoms with Crippen LogP contribution in [0.3, 0.4) is 0 Å². The second-order valence-electron chi connectivity index (χ2n) is 9.72. The maximum Gasteiger partial charge on any atom is 0.407 e. The van der Waals surface area contributed by atoms with E-state index < -0.39 is 12.1 Å². The second-order valence-corrected chi connectivity index (χ2v) is 9.72. The Bertz CT molecular complexity index is 1050. The van der Waals surface area contributed by atoms with E-state index in [1.54, 1.807) is 0 Å². The van der Waals surface area contributed by atoms with Crippen molar-refractivity contribution < 1.29 is 24.2 Å². The number of benzene rings is 2. The van der Waals surface area contributed by atoms with Crippen molar-refractivity contribution in [3.05, 3.63) is 59.7 Å². The molecule has 7 nitrogen and oxygen atoms in total. The van der Waals surface area contributed by atoms with Gasteiger partial charge in [-0.2, -0.15) is 0 Å². The molecule has 0 bridgehead atoms. The Kier molecular flexibility index (Phi) is 6.26. The number of rotatable bonds is 7. The van der Waals surface area contributed by atoms with Gasteiger partial charge in [0.05, 0.1) is 5.92 Å². The van der Waals surface area contributed by atoms with Crippen LogP contribution >= 0.6 is 0 Å². The first-order valence-corrected chi connectivity index (χ1v) is 12.1. The normalized spacial score (nSPS) is 25.1. The van der Waals surface area contributed by atoms with Gasteiger partial charge in [0.2, 0.25) is 5.91 Å². The van der Waals surface area contributed by atoms with Crippen molar-refractivity contribution in [2.24, 2.45) is 17.8 Å². The molecule has 2 aromatic rings. The van der Waals surface area contributed by atoms with Gasteiger partial charge < -0.3 is 20.5 Å². The Balaban J connectivity index is 1.07. The Morgan fingerprint density at radius 1 is 0.941 bits per heavy atom. The van der Waals surface area contributed by atoms with Crippen molar-refractivity contribution in [3.63, 3.8) is 0 Å². The van der Waals surface area contributed by atoms with Gasteiger partial charge in [0, 0.05) is 24.4 Å².